The van der Waals surface area contributed by atoms with Crippen molar-refractivity contribution in [3.8, 4) is 0 Å². The molecule has 0 aromatic carbocycles. The van der Waals surface area contributed by atoms with E-state index in [4.69, 9.17) is 16.3 Å². The fraction of sp³-hybridized carbons (Fsp3) is 0.727. The molecule has 0 bridgehead atoms. The van der Waals surface area contributed by atoms with Gasteiger partial charge in [0, 0.05) is 26.2 Å². The van der Waals surface area contributed by atoms with Crippen LogP contribution in [0.1, 0.15) is 30.3 Å². The first kappa shape index (κ1) is 11.9. The molecule has 16 heavy (non-hydrogen) atoms. The molecule has 0 saturated carbocycles. The summed E-state index contributed by atoms with van der Waals surface area (Å²) in [5.41, 5.74) is 1.04. The first-order valence-corrected chi connectivity index (χ1v) is 6.05. The van der Waals surface area contributed by atoms with Crippen molar-refractivity contribution in [1.82, 2.24) is 14.9 Å². The average Bonchev–Trinajstić information content (AvgIpc) is 2.59. The second kappa shape index (κ2) is 5.17. The fourth-order valence-corrected chi connectivity index (χ4v) is 2.39. The third-order valence-electron chi connectivity index (χ3n) is 3.09. The van der Waals surface area contributed by atoms with Crippen LogP contribution in [0.25, 0.3) is 0 Å². The zero-order valence-corrected chi connectivity index (χ0v) is 10.5. The number of ether oxygens (including phenoxy) is 1. The Hall–Kier alpha value is -0.580. The Kier molecular flexibility index (Phi) is 3.84. The van der Waals surface area contributed by atoms with Crippen LogP contribution in [0.5, 0.6) is 0 Å². The van der Waals surface area contributed by atoms with Crippen molar-refractivity contribution in [2.24, 2.45) is 7.05 Å². The van der Waals surface area contributed by atoms with Crippen molar-refractivity contribution in [3.05, 3.63) is 16.7 Å². The van der Waals surface area contributed by atoms with Crippen LogP contribution in [0.15, 0.2) is 0 Å². The average molecular weight is 244 g/mol. The van der Waals surface area contributed by atoms with E-state index in [-0.39, 0.29) is 0 Å². The molecule has 1 aromatic rings. The van der Waals surface area contributed by atoms with Gasteiger partial charge < -0.3 is 14.6 Å². The predicted octanol–water partition coefficient (Wildman–Crippen LogP) is 1.69. The Morgan fingerprint density at radius 1 is 1.50 bits per heavy atom. The van der Waals surface area contributed by atoms with Crippen LogP contribution >= 0.6 is 11.6 Å². The first-order valence-electron chi connectivity index (χ1n) is 5.67. The predicted molar refractivity (Wildman–Crippen MR) is 63.8 cm³/mol. The Bertz CT molecular complexity index is 358. The summed E-state index contributed by atoms with van der Waals surface area (Å²) in [6.07, 6.45) is 2.05. The molecule has 0 atom stereocenters. The van der Waals surface area contributed by atoms with E-state index >= 15 is 0 Å². The molecule has 0 radical (unpaired) electrons. The monoisotopic (exact) mass is 243 g/mol. The number of nitrogens with zero attached hydrogens (tertiary/aromatic N) is 2. The van der Waals surface area contributed by atoms with Crippen LogP contribution in [0, 0.1) is 0 Å². The molecule has 1 aliphatic rings. The molecular formula is C11H18ClN3O. The van der Waals surface area contributed by atoms with Gasteiger partial charge in [-0.1, -0.05) is 11.6 Å². The largest absolute Gasteiger partial charge is 0.381 e. The van der Waals surface area contributed by atoms with Gasteiger partial charge in [-0.2, -0.15) is 0 Å². The van der Waals surface area contributed by atoms with E-state index in [0.717, 1.165) is 49.3 Å². The van der Waals surface area contributed by atoms with Crippen LogP contribution in [-0.2, 0) is 18.3 Å². The molecule has 1 aliphatic heterocycles. The minimum atomic E-state index is 0.457. The van der Waals surface area contributed by atoms with E-state index in [9.17, 15) is 0 Å². The Morgan fingerprint density at radius 3 is 2.81 bits per heavy atom. The molecule has 0 amide bonds. The Balaban J connectivity index is 2.22. The second-order valence-electron chi connectivity index (χ2n) is 4.18. The summed E-state index contributed by atoms with van der Waals surface area (Å²) in [6.45, 7) is 2.39. The van der Waals surface area contributed by atoms with Gasteiger partial charge >= 0.3 is 0 Å². The van der Waals surface area contributed by atoms with Crippen molar-refractivity contribution in [2.75, 3.05) is 20.3 Å². The Labute approximate surface area is 101 Å². The van der Waals surface area contributed by atoms with Crippen molar-refractivity contribution >= 4 is 11.6 Å². The SMILES string of the molecule is CNCc1nc(C2CCOCC2)c(Cl)n1C. The van der Waals surface area contributed by atoms with Gasteiger partial charge in [0.25, 0.3) is 0 Å². The number of hydrogen-bond donors (Lipinski definition) is 1. The maximum atomic E-state index is 6.31. The standard InChI is InChI=1S/C11H18ClN3O/c1-13-7-9-14-10(11(12)15(9)2)8-3-5-16-6-4-8/h8,13H,3-7H2,1-2H3. The second-order valence-corrected chi connectivity index (χ2v) is 4.54. The summed E-state index contributed by atoms with van der Waals surface area (Å²) in [4.78, 5) is 4.64. The zero-order valence-electron chi connectivity index (χ0n) is 9.79. The van der Waals surface area contributed by atoms with Crippen molar-refractivity contribution < 1.29 is 4.74 Å². The van der Waals surface area contributed by atoms with Crippen molar-refractivity contribution in [2.45, 2.75) is 25.3 Å². The molecule has 90 valence electrons. The number of imidazole rings is 1. The highest BCUT2D eigenvalue weighted by Gasteiger charge is 2.23. The molecule has 5 heteroatoms. The molecule has 1 fully saturated rings. The first-order chi connectivity index (χ1) is 7.74. The zero-order chi connectivity index (χ0) is 11.5. The van der Waals surface area contributed by atoms with Gasteiger partial charge in [-0.05, 0) is 19.9 Å². The number of halogens is 1. The van der Waals surface area contributed by atoms with Crippen LogP contribution in [-0.4, -0.2) is 29.8 Å². The van der Waals surface area contributed by atoms with Crippen LogP contribution in [0.4, 0.5) is 0 Å². The van der Waals surface area contributed by atoms with E-state index < -0.39 is 0 Å². The van der Waals surface area contributed by atoms with Gasteiger partial charge in [-0.15, -0.1) is 0 Å². The van der Waals surface area contributed by atoms with Crippen molar-refractivity contribution in [1.29, 1.82) is 0 Å². The highest BCUT2D eigenvalue weighted by molar-refractivity contribution is 6.30. The lowest BCUT2D eigenvalue weighted by atomic mass is 9.97. The van der Waals surface area contributed by atoms with E-state index in [1.807, 2.05) is 18.7 Å². The number of nitrogens with one attached hydrogen (secondary N) is 1. The maximum absolute atomic E-state index is 6.31. The highest BCUT2D eigenvalue weighted by Crippen LogP contribution is 2.31. The van der Waals surface area contributed by atoms with E-state index in [1.54, 1.807) is 0 Å². The van der Waals surface area contributed by atoms with Gasteiger partial charge in [0.1, 0.15) is 11.0 Å². The molecule has 0 aliphatic carbocycles. The third kappa shape index (κ3) is 2.24. The van der Waals surface area contributed by atoms with Crippen molar-refractivity contribution in [3.63, 3.8) is 0 Å². The lowest BCUT2D eigenvalue weighted by Crippen LogP contribution is -2.15. The van der Waals surface area contributed by atoms with E-state index in [2.05, 4.69) is 10.3 Å². The van der Waals surface area contributed by atoms with Crippen LogP contribution in [0.2, 0.25) is 5.15 Å². The maximum Gasteiger partial charge on any atom is 0.132 e. The molecule has 4 nitrogen and oxygen atoms in total. The van der Waals surface area contributed by atoms with Gasteiger partial charge in [0.05, 0.1) is 12.2 Å². The molecule has 1 aromatic heterocycles. The van der Waals surface area contributed by atoms with Gasteiger partial charge in [0.15, 0.2) is 0 Å². The van der Waals surface area contributed by atoms with Gasteiger partial charge in [-0.3, -0.25) is 0 Å². The third-order valence-corrected chi connectivity index (χ3v) is 3.53. The molecule has 2 rings (SSSR count). The fourth-order valence-electron chi connectivity index (χ4n) is 2.09. The summed E-state index contributed by atoms with van der Waals surface area (Å²) >= 11 is 6.31. The topological polar surface area (TPSA) is 39.1 Å². The number of aromatic nitrogens is 2. The van der Waals surface area contributed by atoms with Crippen LogP contribution < -0.4 is 5.32 Å². The van der Waals surface area contributed by atoms with Gasteiger partial charge in [0.2, 0.25) is 0 Å². The quantitative estimate of drug-likeness (QED) is 0.878. The lowest BCUT2D eigenvalue weighted by molar-refractivity contribution is 0.0846. The molecule has 0 unspecified atom stereocenters. The lowest BCUT2D eigenvalue weighted by Gasteiger charge is -2.20. The van der Waals surface area contributed by atoms with Crippen LogP contribution in [0.3, 0.4) is 0 Å². The molecule has 2 heterocycles. The minimum Gasteiger partial charge on any atom is -0.381 e. The molecular weight excluding hydrogens is 226 g/mol. The highest BCUT2D eigenvalue weighted by atomic mass is 35.5. The van der Waals surface area contributed by atoms with E-state index in [1.165, 1.54) is 0 Å². The summed E-state index contributed by atoms with van der Waals surface area (Å²) in [6, 6.07) is 0. The summed E-state index contributed by atoms with van der Waals surface area (Å²) in [5.74, 6) is 1.45. The van der Waals surface area contributed by atoms with Gasteiger partial charge in [-0.25, -0.2) is 4.98 Å². The number of rotatable bonds is 3. The molecule has 1 N–H and O–H groups in total. The summed E-state index contributed by atoms with van der Waals surface area (Å²) in [7, 11) is 3.88. The smallest absolute Gasteiger partial charge is 0.132 e. The summed E-state index contributed by atoms with van der Waals surface area (Å²) < 4.78 is 7.32. The molecule has 1 saturated heterocycles. The summed E-state index contributed by atoms with van der Waals surface area (Å²) in [5, 5.41) is 3.88. The normalized spacial score (nSPS) is 17.9. The molecule has 0 spiro atoms. The number of hydrogen-bond acceptors (Lipinski definition) is 3. The minimum absolute atomic E-state index is 0.457. The Morgan fingerprint density at radius 2 is 2.19 bits per heavy atom. The van der Waals surface area contributed by atoms with E-state index in [0.29, 0.717) is 5.92 Å².